The molecule has 3 heterocycles. The first-order chi connectivity index (χ1) is 15.4. The third kappa shape index (κ3) is 5.83. The van der Waals surface area contributed by atoms with E-state index in [0.717, 1.165) is 22.8 Å². The Morgan fingerprint density at radius 2 is 1.84 bits per heavy atom. The average Bonchev–Trinajstić information content (AvgIpc) is 2.75. The molecule has 1 fully saturated rings. The zero-order valence-electron chi connectivity index (χ0n) is 18.0. The highest BCUT2D eigenvalue weighted by molar-refractivity contribution is 5.92. The van der Waals surface area contributed by atoms with E-state index < -0.39 is 0 Å². The van der Waals surface area contributed by atoms with E-state index in [1.807, 2.05) is 36.9 Å². The number of carbonyl (C=O) groups is 1. The number of amides is 1. The van der Waals surface area contributed by atoms with Crippen molar-refractivity contribution < 1.29 is 13.9 Å². The lowest BCUT2D eigenvalue weighted by atomic mass is 10.2. The molecular formula is C23H25FN6O2. The van der Waals surface area contributed by atoms with Crippen LogP contribution in [0.4, 0.5) is 21.7 Å². The van der Waals surface area contributed by atoms with Gasteiger partial charge in [0.05, 0.1) is 30.7 Å². The van der Waals surface area contributed by atoms with Gasteiger partial charge in [-0.25, -0.2) is 14.4 Å². The fraction of sp³-hybridized carbons (Fsp3) is 0.304. The van der Waals surface area contributed by atoms with Crippen LogP contribution in [0.1, 0.15) is 23.2 Å². The number of hydrogen-bond acceptors (Lipinski definition) is 7. The number of ether oxygens (including phenoxy) is 1. The number of nitrogens with one attached hydrogen (secondary N) is 2. The summed E-state index contributed by atoms with van der Waals surface area (Å²) in [4.78, 5) is 27.6. The molecule has 0 radical (unpaired) electrons. The number of pyridine rings is 1. The molecule has 4 rings (SSSR count). The predicted octanol–water partition coefficient (Wildman–Crippen LogP) is 3.38. The second-order valence-electron chi connectivity index (χ2n) is 7.72. The maximum atomic E-state index is 13.0. The van der Waals surface area contributed by atoms with Crippen LogP contribution in [0.15, 0.2) is 48.7 Å². The van der Waals surface area contributed by atoms with Crippen molar-refractivity contribution in [3.8, 4) is 0 Å². The third-order valence-electron chi connectivity index (χ3n) is 5.00. The summed E-state index contributed by atoms with van der Waals surface area (Å²) >= 11 is 0. The van der Waals surface area contributed by atoms with Crippen molar-refractivity contribution in [3.63, 3.8) is 0 Å². The molecule has 0 spiro atoms. The largest absolute Gasteiger partial charge is 0.369 e. The number of carbonyl (C=O) groups excluding carboxylic acids is 1. The van der Waals surface area contributed by atoms with Gasteiger partial charge < -0.3 is 15.4 Å². The fourth-order valence-electron chi connectivity index (χ4n) is 3.54. The van der Waals surface area contributed by atoms with Crippen molar-refractivity contribution in [1.82, 2.24) is 19.9 Å². The summed E-state index contributed by atoms with van der Waals surface area (Å²) in [5, 5.41) is 5.95. The van der Waals surface area contributed by atoms with Crippen molar-refractivity contribution in [3.05, 3.63) is 71.6 Å². The van der Waals surface area contributed by atoms with E-state index in [4.69, 9.17) is 4.74 Å². The highest BCUT2D eigenvalue weighted by atomic mass is 19.1. The maximum Gasteiger partial charge on any atom is 0.238 e. The van der Waals surface area contributed by atoms with Gasteiger partial charge in [-0.3, -0.25) is 14.7 Å². The Morgan fingerprint density at radius 3 is 2.53 bits per heavy atom. The highest BCUT2D eigenvalue weighted by Gasteiger charge is 2.24. The van der Waals surface area contributed by atoms with Crippen LogP contribution in [0.25, 0.3) is 0 Å². The number of hydrogen-bond donors (Lipinski definition) is 2. The molecule has 1 aliphatic heterocycles. The standard InChI is InChI=1S/C23H25FN6O2/c1-15-11-16(2)27-23(26-15)29-19-7-8-20(25-12-19)21-13-30(9-10-32-21)14-22(31)28-18-5-3-17(24)4-6-18/h3-8,11-12,21H,9-10,13-14H2,1-2H3,(H,28,31)(H,26,27,29). The molecule has 1 atom stereocenters. The Kier molecular flexibility index (Phi) is 6.67. The summed E-state index contributed by atoms with van der Waals surface area (Å²) in [5.74, 6) is 0.0387. The van der Waals surface area contributed by atoms with E-state index in [2.05, 4.69) is 25.6 Å². The molecule has 0 aliphatic carbocycles. The first kappa shape index (κ1) is 21.8. The molecule has 1 unspecified atom stereocenters. The van der Waals surface area contributed by atoms with Gasteiger partial charge in [-0.2, -0.15) is 0 Å². The van der Waals surface area contributed by atoms with Crippen molar-refractivity contribution in [2.75, 3.05) is 36.9 Å². The number of nitrogens with zero attached hydrogens (tertiary/aromatic N) is 4. The van der Waals surface area contributed by atoms with Gasteiger partial charge in [-0.05, 0) is 56.3 Å². The summed E-state index contributed by atoms with van der Waals surface area (Å²) in [7, 11) is 0. The highest BCUT2D eigenvalue weighted by Crippen LogP contribution is 2.22. The van der Waals surface area contributed by atoms with E-state index in [-0.39, 0.29) is 24.4 Å². The predicted molar refractivity (Wildman–Crippen MR) is 119 cm³/mol. The Hall–Kier alpha value is -3.43. The first-order valence-electron chi connectivity index (χ1n) is 10.4. The summed E-state index contributed by atoms with van der Waals surface area (Å²) in [6, 6.07) is 11.4. The monoisotopic (exact) mass is 436 g/mol. The number of aryl methyl sites for hydroxylation is 2. The molecule has 8 nitrogen and oxygen atoms in total. The smallest absolute Gasteiger partial charge is 0.238 e. The maximum absolute atomic E-state index is 13.0. The molecule has 1 amide bonds. The molecular weight excluding hydrogens is 411 g/mol. The zero-order valence-corrected chi connectivity index (χ0v) is 18.0. The van der Waals surface area contributed by atoms with Gasteiger partial charge in [0.1, 0.15) is 11.9 Å². The van der Waals surface area contributed by atoms with Gasteiger partial charge in [0.2, 0.25) is 11.9 Å². The second kappa shape index (κ2) is 9.80. The minimum Gasteiger partial charge on any atom is -0.369 e. The van der Waals surface area contributed by atoms with Crippen LogP contribution in [0, 0.1) is 19.7 Å². The van der Waals surface area contributed by atoms with Gasteiger partial charge in [0.15, 0.2) is 0 Å². The molecule has 9 heteroatoms. The number of morpholine rings is 1. The first-order valence-corrected chi connectivity index (χ1v) is 10.4. The molecule has 2 aromatic heterocycles. The Bertz CT molecular complexity index is 1050. The normalized spacial score (nSPS) is 16.5. The molecule has 3 aromatic rings. The summed E-state index contributed by atoms with van der Waals surface area (Å²) in [5.41, 5.74) is 3.93. The van der Waals surface area contributed by atoms with E-state index in [1.165, 1.54) is 24.3 Å². The summed E-state index contributed by atoms with van der Waals surface area (Å²) in [6.45, 7) is 5.78. The van der Waals surface area contributed by atoms with Crippen LogP contribution in [-0.4, -0.2) is 52.0 Å². The van der Waals surface area contributed by atoms with Crippen LogP contribution in [0.5, 0.6) is 0 Å². The SMILES string of the molecule is Cc1cc(C)nc(Nc2ccc(C3CN(CC(=O)Nc4ccc(F)cc4)CCO3)nc2)n1. The Balaban J connectivity index is 1.33. The topological polar surface area (TPSA) is 92.3 Å². The minimum absolute atomic E-state index is 0.154. The number of anilines is 3. The molecule has 32 heavy (non-hydrogen) atoms. The zero-order chi connectivity index (χ0) is 22.5. The number of halogens is 1. The van der Waals surface area contributed by atoms with Crippen LogP contribution in [0.2, 0.25) is 0 Å². The minimum atomic E-state index is -0.339. The summed E-state index contributed by atoms with van der Waals surface area (Å²) < 4.78 is 18.9. The lowest BCUT2D eigenvalue weighted by Gasteiger charge is -2.32. The molecule has 0 saturated carbocycles. The van der Waals surface area contributed by atoms with Gasteiger partial charge >= 0.3 is 0 Å². The molecule has 166 valence electrons. The van der Waals surface area contributed by atoms with Gasteiger partial charge in [-0.1, -0.05) is 0 Å². The Labute approximate surface area is 185 Å². The van der Waals surface area contributed by atoms with Crippen molar-refractivity contribution in [2.45, 2.75) is 20.0 Å². The van der Waals surface area contributed by atoms with Gasteiger partial charge in [-0.15, -0.1) is 0 Å². The lowest BCUT2D eigenvalue weighted by Crippen LogP contribution is -2.42. The van der Waals surface area contributed by atoms with E-state index >= 15 is 0 Å². The van der Waals surface area contributed by atoms with Crippen molar-refractivity contribution >= 4 is 23.2 Å². The Morgan fingerprint density at radius 1 is 1.12 bits per heavy atom. The molecule has 0 bridgehead atoms. The fourth-order valence-corrected chi connectivity index (χ4v) is 3.54. The summed E-state index contributed by atoms with van der Waals surface area (Å²) in [6.07, 6.45) is 1.49. The molecule has 2 N–H and O–H groups in total. The average molecular weight is 436 g/mol. The van der Waals surface area contributed by atoms with Crippen LogP contribution >= 0.6 is 0 Å². The second-order valence-corrected chi connectivity index (χ2v) is 7.72. The van der Waals surface area contributed by atoms with E-state index in [1.54, 1.807) is 6.20 Å². The number of benzene rings is 1. The number of aromatic nitrogens is 3. The van der Waals surface area contributed by atoms with E-state index in [9.17, 15) is 9.18 Å². The van der Waals surface area contributed by atoms with Crippen LogP contribution < -0.4 is 10.6 Å². The van der Waals surface area contributed by atoms with Crippen molar-refractivity contribution in [1.29, 1.82) is 0 Å². The van der Waals surface area contributed by atoms with Gasteiger partial charge in [0.25, 0.3) is 0 Å². The van der Waals surface area contributed by atoms with Crippen LogP contribution in [-0.2, 0) is 9.53 Å². The van der Waals surface area contributed by atoms with E-state index in [0.29, 0.717) is 31.3 Å². The quantitative estimate of drug-likeness (QED) is 0.612. The van der Waals surface area contributed by atoms with Crippen molar-refractivity contribution in [2.24, 2.45) is 0 Å². The number of rotatable bonds is 6. The third-order valence-corrected chi connectivity index (χ3v) is 5.00. The lowest BCUT2D eigenvalue weighted by molar-refractivity contribution is -0.119. The molecule has 1 aromatic carbocycles. The van der Waals surface area contributed by atoms with Gasteiger partial charge in [0, 0.05) is 30.2 Å². The molecule has 1 saturated heterocycles. The van der Waals surface area contributed by atoms with Crippen LogP contribution in [0.3, 0.4) is 0 Å². The molecule has 1 aliphatic rings.